The van der Waals surface area contributed by atoms with Crippen LogP contribution in [0.15, 0.2) is 18.3 Å². The predicted octanol–water partition coefficient (Wildman–Crippen LogP) is 1.54. The molecule has 1 unspecified atom stereocenters. The van der Waals surface area contributed by atoms with Crippen molar-refractivity contribution in [2.24, 2.45) is 5.73 Å². The van der Waals surface area contributed by atoms with Crippen molar-refractivity contribution in [1.29, 1.82) is 0 Å². The minimum atomic E-state index is 0.388. The summed E-state index contributed by atoms with van der Waals surface area (Å²) in [6.07, 6.45) is 2.78. The number of hydrogen-bond donors (Lipinski definition) is 2. The van der Waals surface area contributed by atoms with Crippen LogP contribution in [0.2, 0.25) is 0 Å². The van der Waals surface area contributed by atoms with Crippen LogP contribution in [0.3, 0.4) is 0 Å². The second-order valence-corrected chi connectivity index (χ2v) is 3.34. The summed E-state index contributed by atoms with van der Waals surface area (Å²) in [5.41, 5.74) is 6.67. The molecule has 1 heterocycles. The second-order valence-electron chi connectivity index (χ2n) is 3.34. The lowest BCUT2D eigenvalue weighted by molar-refractivity contribution is 0.713. The first kappa shape index (κ1) is 9.99. The average Bonchev–Trinajstić information content (AvgIpc) is 2.04. The Hall–Kier alpha value is -1.09. The second kappa shape index (κ2) is 4.82. The van der Waals surface area contributed by atoms with E-state index in [1.807, 2.05) is 18.3 Å². The Morgan fingerprint density at radius 3 is 3.00 bits per heavy atom. The molecule has 0 amide bonds. The van der Waals surface area contributed by atoms with Gasteiger partial charge in [0.15, 0.2) is 0 Å². The number of aryl methyl sites for hydroxylation is 1. The Morgan fingerprint density at radius 2 is 2.38 bits per heavy atom. The zero-order valence-corrected chi connectivity index (χ0v) is 8.25. The molecule has 0 bridgehead atoms. The van der Waals surface area contributed by atoms with Crippen molar-refractivity contribution in [1.82, 2.24) is 4.98 Å². The zero-order chi connectivity index (χ0) is 9.68. The van der Waals surface area contributed by atoms with E-state index in [1.54, 1.807) is 0 Å². The molecule has 0 saturated carbocycles. The molecule has 0 saturated heterocycles. The van der Waals surface area contributed by atoms with Crippen molar-refractivity contribution < 1.29 is 0 Å². The predicted molar refractivity (Wildman–Crippen MR) is 55.7 cm³/mol. The lowest BCUT2D eigenvalue weighted by Crippen LogP contribution is -2.19. The fraction of sp³-hybridized carbons (Fsp3) is 0.500. The highest BCUT2D eigenvalue weighted by Crippen LogP contribution is 2.07. The summed E-state index contributed by atoms with van der Waals surface area (Å²) in [7, 11) is 0. The standard InChI is InChI=1S/C10H17N3/c1-8-4-6-12-10(7-8)13-9(2)3-5-11/h4,6-7,9H,3,5,11H2,1-2H3,(H,12,13). The molecule has 13 heavy (non-hydrogen) atoms. The van der Waals surface area contributed by atoms with Crippen LogP contribution in [-0.2, 0) is 0 Å². The lowest BCUT2D eigenvalue weighted by Gasteiger charge is -2.13. The van der Waals surface area contributed by atoms with Gasteiger partial charge in [0, 0.05) is 12.2 Å². The number of aromatic nitrogens is 1. The third kappa shape index (κ3) is 3.42. The van der Waals surface area contributed by atoms with Crippen LogP contribution in [0.25, 0.3) is 0 Å². The molecule has 3 heteroatoms. The van der Waals surface area contributed by atoms with E-state index in [9.17, 15) is 0 Å². The lowest BCUT2D eigenvalue weighted by atomic mass is 10.2. The minimum Gasteiger partial charge on any atom is -0.368 e. The first-order valence-electron chi connectivity index (χ1n) is 4.61. The molecule has 1 atom stereocenters. The zero-order valence-electron chi connectivity index (χ0n) is 8.25. The molecule has 1 rings (SSSR count). The van der Waals surface area contributed by atoms with E-state index in [-0.39, 0.29) is 0 Å². The van der Waals surface area contributed by atoms with Gasteiger partial charge in [0.25, 0.3) is 0 Å². The van der Waals surface area contributed by atoms with Gasteiger partial charge in [0.1, 0.15) is 5.82 Å². The molecule has 0 spiro atoms. The molecular weight excluding hydrogens is 162 g/mol. The van der Waals surface area contributed by atoms with Crippen LogP contribution in [0, 0.1) is 6.92 Å². The van der Waals surface area contributed by atoms with Gasteiger partial charge in [-0.05, 0) is 44.5 Å². The third-order valence-corrected chi connectivity index (χ3v) is 1.91. The fourth-order valence-electron chi connectivity index (χ4n) is 1.19. The molecule has 72 valence electrons. The molecule has 0 aliphatic rings. The first-order chi connectivity index (χ1) is 6.22. The number of anilines is 1. The maximum atomic E-state index is 5.45. The van der Waals surface area contributed by atoms with E-state index in [0.717, 1.165) is 12.2 Å². The van der Waals surface area contributed by atoms with E-state index in [4.69, 9.17) is 5.73 Å². The van der Waals surface area contributed by atoms with Crippen molar-refractivity contribution in [3.63, 3.8) is 0 Å². The van der Waals surface area contributed by atoms with Crippen LogP contribution in [0.4, 0.5) is 5.82 Å². The average molecular weight is 179 g/mol. The summed E-state index contributed by atoms with van der Waals surface area (Å²) >= 11 is 0. The topological polar surface area (TPSA) is 50.9 Å². The molecule has 0 fully saturated rings. The van der Waals surface area contributed by atoms with Crippen molar-refractivity contribution in [2.75, 3.05) is 11.9 Å². The minimum absolute atomic E-state index is 0.388. The summed E-state index contributed by atoms with van der Waals surface area (Å²) in [6.45, 7) is 4.87. The quantitative estimate of drug-likeness (QED) is 0.737. The highest BCUT2D eigenvalue weighted by Gasteiger charge is 2.00. The van der Waals surface area contributed by atoms with E-state index < -0.39 is 0 Å². The van der Waals surface area contributed by atoms with Gasteiger partial charge in [-0.25, -0.2) is 4.98 Å². The van der Waals surface area contributed by atoms with Crippen LogP contribution < -0.4 is 11.1 Å². The van der Waals surface area contributed by atoms with E-state index in [2.05, 4.69) is 24.1 Å². The van der Waals surface area contributed by atoms with Gasteiger partial charge >= 0.3 is 0 Å². The summed E-state index contributed by atoms with van der Waals surface area (Å²) in [4.78, 5) is 4.21. The molecule has 3 nitrogen and oxygen atoms in total. The summed E-state index contributed by atoms with van der Waals surface area (Å²) < 4.78 is 0. The number of hydrogen-bond acceptors (Lipinski definition) is 3. The van der Waals surface area contributed by atoms with Crippen LogP contribution in [0.1, 0.15) is 18.9 Å². The smallest absolute Gasteiger partial charge is 0.126 e. The summed E-state index contributed by atoms with van der Waals surface area (Å²) in [6, 6.07) is 4.41. The van der Waals surface area contributed by atoms with Crippen molar-refractivity contribution in [2.45, 2.75) is 26.3 Å². The van der Waals surface area contributed by atoms with Gasteiger partial charge in [-0.2, -0.15) is 0 Å². The SMILES string of the molecule is Cc1ccnc(NC(C)CCN)c1. The fourth-order valence-corrected chi connectivity index (χ4v) is 1.19. The molecule has 3 N–H and O–H groups in total. The number of nitrogens with two attached hydrogens (primary N) is 1. The normalized spacial score (nSPS) is 12.5. The molecule has 0 radical (unpaired) electrons. The van der Waals surface area contributed by atoms with Gasteiger partial charge in [-0.3, -0.25) is 0 Å². The van der Waals surface area contributed by atoms with Gasteiger partial charge in [0.2, 0.25) is 0 Å². The maximum Gasteiger partial charge on any atom is 0.126 e. The van der Waals surface area contributed by atoms with Gasteiger partial charge in [0.05, 0.1) is 0 Å². The molecule has 0 aliphatic heterocycles. The van der Waals surface area contributed by atoms with Crippen molar-refractivity contribution in [3.05, 3.63) is 23.9 Å². The molecule has 1 aromatic heterocycles. The van der Waals surface area contributed by atoms with Gasteiger partial charge in [-0.15, -0.1) is 0 Å². The van der Waals surface area contributed by atoms with Gasteiger partial charge < -0.3 is 11.1 Å². The van der Waals surface area contributed by atoms with Crippen LogP contribution in [0.5, 0.6) is 0 Å². The summed E-state index contributed by atoms with van der Waals surface area (Å²) in [5.74, 6) is 0.931. The first-order valence-corrected chi connectivity index (χ1v) is 4.61. The Labute approximate surface area is 79.4 Å². The molecule has 0 aliphatic carbocycles. The monoisotopic (exact) mass is 179 g/mol. The van der Waals surface area contributed by atoms with Gasteiger partial charge in [-0.1, -0.05) is 0 Å². The Bertz CT molecular complexity index is 260. The highest BCUT2D eigenvalue weighted by atomic mass is 15.0. The number of nitrogens with zero attached hydrogens (tertiary/aromatic N) is 1. The summed E-state index contributed by atoms with van der Waals surface area (Å²) in [5, 5.41) is 3.29. The van der Waals surface area contributed by atoms with E-state index >= 15 is 0 Å². The highest BCUT2D eigenvalue weighted by molar-refractivity contribution is 5.37. The Morgan fingerprint density at radius 1 is 1.62 bits per heavy atom. The number of rotatable bonds is 4. The Kier molecular flexibility index (Phi) is 3.71. The number of nitrogens with one attached hydrogen (secondary N) is 1. The van der Waals surface area contributed by atoms with Crippen molar-refractivity contribution >= 4 is 5.82 Å². The van der Waals surface area contributed by atoms with Crippen LogP contribution >= 0.6 is 0 Å². The van der Waals surface area contributed by atoms with Crippen molar-refractivity contribution in [3.8, 4) is 0 Å². The largest absolute Gasteiger partial charge is 0.368 e. The maximum absolute atomic E-state index is 5.45. The Balaban J connectivity index is 2.53. The number of pyridine rings is 1. The third-order valence-electron chi connectivity index (χ3n) is 1.91. The van der Waals surface area contributed by atoms with E-state index in [1.165, 1.54) is 5.56 Å². The van der Waals surface area contributed by atoms with Crippen LogP contribution in [-0.4, -0.2) is 17.6 Å². The molecule has 1 aromatic rings. The molecular formula is C10H17N3. The molecule has 0 aromatic carbocycles. The van der Waals surface area contributed by atoms with E-state index in [0.29, 0.717) is 12.6 Å².